The number of nitrogens with one attached hydrogen (secondary N) is 2. The molecular formula is C19H18FN3O2S. The number of halogens is 1. The molecule has 134 valence electrons. The van der Waals surface area contributed by atoms with Crippen LogP contribution in [0.2, 0.25) is 0 Å². The van der Waals surface area contributed by atoms with Gasteiger partial charge in [-0.15, -0.1) is 11.3 Å². The SMILES string of the molecule is Cc1c(-c2cc3c(s2)CNC3C)c(F)cc2c(=O)[nH]c(=O)n(C3CC3)c12. The highest BCUT2D eigenvalue weighted by atomic mass is 32.1. The molecule has 3 aromatic rings. The first-order valence-corrected chi connectivity index (χ1v) is 9.61. The van der Waals surface area contributed by atoms with Gasteiger partial charge in [0.1, 0.15) is 5.82 Å². The Balaban J connectivity index is 1.84. The van der Waals surface area contributed by atoms with Crippen LogP contribution in [0.4, 0.5) is 4.39 Å². The molecule has 0 bridgehead atoms. The summed E-state index contributed by atoms with van der Waals surface area (Å²) in [5.74, 6) is -0.415. The van der Waals surface area contributed by atoms with E-state index in [9.17, 15) is 9.59 Å². The summed E-state index contributed by atoms with van der Waals surface area (Å²) in [5, 5.41) is 3.62. The Morgan fingerprint density at radius 3 is 2.73 bits per heavy atom. The molecule has 2 N–H and O–H groups in total. The monoisotopic (exact) mass is 371 g/mol. The van der Waals surface area contributed by atoms with Crippen molar-refractivity contribution in [3.8, 4) is 10.4 Å². The smallest absolute Gasteiger partial charge is 0.305 e. The number of fused-ring (bicyclic) bond motifs is 2. The van der Waals surface area contributed by atoms with E-state index in [-0.39, 0.29) is 17.5 Å². The summed E-state index contributed by atoms with van der Waals surface area (Å²) in [7, 11) is 0. The maximum Gasteiger partial charge on any atom is 0.329 e. The highest BCUT2D eigenvalue weighted by Crippen LogP contribution is 2.42. The molecular weight excluding hydrogens is 353 g/mol. The van der Waals surface area contributed by atoms with Crippen LogP contribution in [0, 0.1) is 12.7 Å². The van der Waals surface area contributed by atoms with Gasteiger partial charge in [0.15, 0.2) is 0 Å². The van der Waals surface area contributed by atoms with Crippen LogP contribution < -0.4 is 16.6 Å². The predicted molar refractivity (Wildman–Crippen MR) is 100 cm³/mol. The minimum absolute atomic E-state index is 0.0939. The van der Waals surface area contributed by atoms with Crippen molar-refractivity contribution in [1.29, 1.82) is 0 Å². The third kappa shape index (κ3) is 2.17. The van der Waals surface area contributed by atoms with E-state index in [0.717, 1.165) is 24.3 Å². The fourth-order valence-electron chi connectivity index (χ4n) is 3.99. The second-order valence-corrected chi connectivity index (χ2v) is 8.34. The van der Waals surface area contributed by atoms with Crippen molar-refractivity contribution < 1.29 is 4.39 Å². The number of benzene rings is 1. The molecule has 0 amide bonds. The Bertz CT molecular complexity index is 1190. The lowest BCUT2D eigenvalue weighted by atomic mass is 10.0. The minimum Gasteiger partial charge on any atom is -0.305 e. The van der Waals surface area contributed by atoms with Gasteiger partial charge in [0, 0.05) is 33.9 Å². The molecule has 5 rings (SSSR count). The van der Waals surface area contributed by atoms with Gasteiger partial charge in [0.05, 0.1) is 10.9 Å². The summed E-state index contributed by atoms with van der Waals surface area (Å²) >= 11 is 1.58. The maximum atomic E-state index is 15.0. The third-order valence-corrected chi connectivity index (χ3v) is 6.62. The molecule has 1 aliphatic heterocycles. The van der Waals surface area contributed by atoms with Crippen LogP contribution in [-0.4, -0.2) is 9.55 Å². The highest BCUT2D eigenvalue weighted by molar-refractivity contribution is 7.15. The normalized spacial score (nSPS) is 19.3. The number of H-pyrrole nitrogens is 1. The third-order valence-electron chi connectivity index (χ3n) is 5.46. The number of hydrogen-bond acceptors (Lipinski definition) is 4. The highest BCUT2D eigenvalue weighted by Gasteiger charge is 2.30. The van der Waals surface area contributed by atoms with Crippen molar-refractivity contribution in [2.45, 2.75) is 45.3 Å². The Labute approximate surface area is 152 Å². The summed E-state index contributed by atoms with van der Waals surface area (Å²) in [4.78, 5) is 29.1. The molecule has 26 heavy (non-hydrogen) atoms. The predicted octanol–water partition coefficient (Wildman–Crippen LogP) is 3.36. The van der Waals surface area contributed by atoms with Gasteiger partial charge in [-0.2, -0.15) is 0 Å². The lowest BCUT2D eigenvalue weighted by Crippen LogP contribution is -2.30. The van der Waals surface area contributed by atoms with Gasteiger partial charge in [-0.05, 0) is 49.9 Å². The maximum absolute atomic E-state index is 15.0. The average Bonchev–Trinajstić information content (AvgIpc) is 3.24. The molecule has 1 fully saturated rings. The Morgan fingerprint density at radius 1 is 1.27 bits per heavy atom. The Morgan fingerprint density at radius 2 is 2.04 bits per heavy atom. The summed E-state index contributed by atoms with van der Waals surface area (Å²) < 4.78 is 16.6. The number of aromatic amines is 1. The number of nitrogens with zero attached hydrogens (tertiary/aromatic N) is 1. The molecule has 3 heterocycles. The van der Waals surface area contributed by atoms with Gasteiger partial charge >= 0.3 is 5.69 Å². The van der Waals surface area contributed by atoms with E-state index >= 15 is 4.39 Å². The van der Waals surface area contributed by atoms with Crippen LogP contribution in [-0.2, 0) is 6.54 Å². The standard InChI is InChI=1S/C19H18FN3O2S/c1-8-16(14-6-11-9(2)21-7-15(11)26-14)13(20)5-12-17(8)23(10-3-4-10)19(25)22-18(12)24/h5-6,9-10,21H,3-4,7H2,1-2H3,(H,22,24,25). The van der Waals surface area contributed by atoms with Crippen molar-refractivity contribution in [1.82, 2.24) is 14.9 Å². The number of aromatic nitrogens is 2. The zero-order valence-electron chi connectivity index (χ0n) is 14.5. The molecule has 0 saturated heterocycles. The second kappa shape index (κ2) is 5.37. The molecule has 1 aliphatic carbocycles. The Kier molecular flexibility index (Phi) is 3.30. The summed E-state index contributed by atoms with van der Waals surface area (Å²) in [6, 6.07) is 3.67. The zero-order chi connectivity index (χ0) is 18.2. The quantitative estimate of drug-likeness (QED) is 0.726. The molecule has 1 unspecified atom stereocenters. The largest absolute Gasteiger partial charge is 0.329 e. The minimum atomic E-state index is -0.526. The van der Waals surface area contributed by atoms with Crippen LogP contribution in [0.25, 0.3) is 21.3 Å². The fraction of sp³-hybridized carbons (Fsp3) is 0.368. The number of aryl methyl sites for hydroxylation is 1. The number of thiophene rings is 1. The van der Waals surface area contributed by atoms with Gasteiger partial charge in [-0.3, -0.25) is 14.3 Å². The second-order valence-electron chi connectivity index (χ2n) is 7.21. The van der Waals surface area contributed by atoms with E-state index in [1.165, 1.54) is 16.5 Å². The molecule has 2 aliphatic rings. The van der Waals surface area contributed by atoms with Crippen molar-refractivity contribution in [3.05, 3.63) is 54.8 Å². The lowest BCUT2D eigenvalue weighted by molar-refractivity contribution is 0.629. The van der Waals surface area contributed by atoms with Crippen LogP contribution in [0.3, 0.4) is 0 Å². The van der Waals surface area contributed by atoms with Crippen molar-refractivity contribution in [2.75, 3.05) is 0 Å². The van der Waals surface area contributed by atoms with Crippen LogP contribution in [0.1, 0.15) is 47.9 Å². The summed E-state index contributed by atoms with van der Waals surface area (Å²) in [6.45, 7) is 4.70. The van der Waals surface area contributed by atoms with Crippen LogP contribution in [0.15, 0.2) is 21.7 Å². The summed E-state index contributed by atoms with van der Waals surface area (Å²) in [5.41, 5.74) is 2.00. The molecule has 1 aromatic carbocycles. The van der Waals surface area contributed by atoms with Crippen molar-refractivity contribution in [2.24, 2.45) is 0 Å². The van der Waals surface area contributed by atoms with E-state index in [2.05, 4.69) is 17.2 Å². The van der Waals surface area contributed by atoms with E-state index < -0.39 is 17.1 Å². The van der Waals surface area contributed by atoms with E-state index in [4.69, 9.17) is 0 Å². The first kappa shape index (κ1) is 16.0. The number of rotatable bonds is 2. The van der Waals surface area contributed by atoms with Gasteiger partial charge < -0.3 is 5.32 Å². The van der Waals surface area contributed by atoms with E-state index in [1.54, 1.807) is 15.9 Å². The fourth-order valence-corrected chi connectivity index (χ4v) is 5.30. The molecule has 7 heteroatoms. The first-order chi connectivity index (χ1) is 12.5. The van der Waals surface area contributed by atoms with Crippen LogP contribution >= 0.6 is 11.3 Å². The first-order valence-electron chi connectivity index (χ1n) is 8.79. The van der Waals surface area contributed by atoms with Crippen molar-refractivity contribution >= 4 is 22.2 Å². The zero-order valence-corrected chi connectivity index (χ0v) is 15.3. The molecule has 0 spiro atoms. The molecule has 5 nitrogen and oxygen atoms in total. The summed E-state index contributed by atoms with van der Waals surface area (Å²) in [6.07, 6.45) is 1.81. The van der Waals surface area contributed by atoms with Crippen molar-refractivity contribution in [3.63, 3.8) is 0 Å². The van der Waals surface area contributed by atoms with Gasteiger partial charge in [0.2, 0.25) is 0 Å². The molecule has 2 aromatic heterocycles. The van der Waals surface area contributed by atoms with E-state index in [0.29, 0.717) is 16.6 Å². The topological polar surface area (TPSA) is 66.9 Å². The van der Waals surface area contributed by atoms with Gasteiger partial charge in [0.25, 0.3) is 5.56 Å². The average molecular weight is 371 g/mol. The molecule has 1 atom stereocenters. The van der Waals surface area contributed by atoms with Crippen LogP contribution in [0.5, 0.6) is 0 Å². The Hall–Kier alpha value is -2.25. The molecule has 0 radical (unpaired) electrons. The lowest BCUT2D eigenvalue weighted by Gasteiger charge is -2.14. The molecule has 1 saturated carbocycles. The number of hydrogen-bond donors (Lipinski definition) is 2. The van der Waals surface area contributed by atoms with Gasteiger partial charge in [-0.25, -0.2) is 9.18 Å². The van der Waals surface area contributed by atoms with E-state index in [1.807, 2.05) is 13.0 Å². The van der Waals surface area contributed by atoms with Gasteiger partial charge in [-0.1, -0.05) is 0 Å².